The summed E-state index contributed by atoms with van der Waals surface area (Å²) in [6, 6.07) is 5.21. The van der Waals surface area contributed by atoms with Gasteiger partial charge in [-0.3, -0.25) is 4.79 Å². The number of ether oxygens (including phenoxy) is 1. The van der Waals surface area contributed by atoms with Crippen LogP contribution in [0.5, 0.6) is 5.75 Å². The van der Waals surface area contributed by atoms with Gasteiger partial charge in [-0.25, -0.2) is 0 Å². The Morgan fingerprint density at radius 1 is 1.50 bits per heavy atom. The molecule has 0 aliphatic heterocycles. The molecule has 100 valence electrons. The molecule has 1 rings (SSSR count). The van der Waals surface area contributed by atoms with Crippen molar-refractivity contribution in [1.82, 2.24) is 0 Å². The SMILES string of the molecule is CCOc1ccc(NC(=O)CCCCl)cc1CO. The number of hydrogen-bond acceptors (Lipinski definition) is 3. The lowest BCUT2D eigenvalue weighted by molar-refractivity contribution is -0.116. The molecule has 1 aromatic rings. The average molecular weight is 272 g/mol. The van der Waals surface area contributed by atoms with Crippen molar-refractivity contribution in [2.75, 3.05) is 17.8 Å². The number of rotatable bonds is 7. The fourth-order valence-corrected chi connectivity index (χ4v) is 1.66. The van der Waals surface area contributed by atoms with Gasteiger partial charge in [-0.15, -0.1) is 11.6 Å². The van der Waals surface area contributed by atoms with E-state index in [1.54, 1.807) is 18.2 Å². The minimum absolute atomic E-state index is 0.0799. The van der Waals surface area contributed by atoms with Crippen molar-refractivity contribution < 1.29 is 14.6 Å². The molecule has 0 atom stereocenters. The van der Waals surface area contributed by atoms with E-state index in [0.29, 0.717) is 42.3 Å². The Morgan fingerprint density at radius 2 is 2.28 bits per heavy atom. The fraction of sp³-hybridized carbons (Fsp3) is 0.462. The van der Waals surface area contributed by atoms with Crippen molar-refractivity contribution in [3.05, 3.63) is 23.8 Å². The summed E-state index contributed by atoms with van der Waals surface area (Å²) < 4.78 is 5.36. The van der Waals surface area contributed by atoms with Gasteiger partial charge in [0, 0.05) is 23.6 Å². The summed E-state index contributed by atoms with van der Waals surface area (Å²) in [5.41, 5.74) is 1.31. The summed E-state index contributed by atoms with van der Waals surface area (Å²) in [4.78, 5) is 11.5. The predicted octanol–water partition coefficient (Wildman–Crippen LogP) is 2.54. The van der Waals surface area contributed by atoms with Crippen molar-refractivity contribution in [2.24, 2.45) is 0 Å². The molecule has 5 heteroatoms. The van der Waals surface area contributed by atoms with E-state index < -0.39 is 0 Å². The standard InChI is InChI=1S/C13H18ClNO3/c1-2-18-12-6-5-11(8-10(12)9-16)15-13(17)4-3-7-14/h5-6,8,16H,2-4,7,9H2,1H3,(H,15,17). The number of alkyl halides is 1. The van der Waals surface area contributed by atoms with Crippen LogP contribution in [-0.4, -0.2) is 23.5 Å². The molecule has 0 heterocycles. The Labute approximate surface area is 112 Å². The van der Waals surface area contributed by atoms with E-state index in [4.69, 9.17) is 16.3 Å². The van der Waals surface area contributed by atoms with Crippen LogP contribution in [0.4, 0.5) is 5.69 Å². The van der Waals surface area contributed by atoms with Gasteiger partial charge < -0.3 is 15.2 Å². The van der Waals surface area contributed by atoms with E-state index in [1.807, 2.05) is 6.92 Å². The van der Waals surface area contributed by atoms with Gasteiger partial charge in [0.15, 0.2) is 0 Å². The summed E-state index contributed by atoms with van der Waals surface area (Å²) in [6.07, 6.45) is 1.04. The first-order valence-corrected chi connectivity index (χ1v) is 6.47. The van der Waals surface area contributed by atoms with Gasteiger partial charge in [-0.1, -0.05) is 0 Å². The van der Waals surface area contributed by atoms with Gasteiger partial charge in [0.25, 0.3) is 0 Å². The number of aliphatic hydroxyl groups excluding tert-OH is 1. The number of halogens is 1. The molecule has 0 bridgehead atoms. The van der Waals surface area contributed by atoms with Crippen molar-refractivity contribution in [1.29, 1.82) is 0 Å². The summed E-state index contributed by atoms with van der Waals surface area (Å²) >= 11 is 5.52. The lowest BCUT2D eigenvalue weighted by Crippen LogP contribution is -2.11. The number of anilines is 1. The van der Waals surface area contributed by atoms with Gasteiger partial charge >= 0.3 is 0 Å². The Hall–Kier alpha value is -1.26. The maximum absolute atomic E-state index is 11.5. The van der Waals surface area contributed by atoms with E-state index in [1.165, 1.54) is 0 Å². The van der Waals surface area contributed by atoms with Crippen LogP contribution < -0.4 is 10.1 Å². The smallest absolute Gasteiger partial charge is 0.224 e. The quantitative estimate of drug-likeness (QED) is 0.749. The Balaban J connectivity index is 2.69. The van der Waals surface area contributed by atoms with E-state index in [-0.39, 0.29) is 12.5 Å². The molecule has 0 aliphatic carbocycles. The van der Waals surface area contributed by atoms with Crippen LogP contribution in [0.25, 0.3) is 0 Å². The third-order valence-corrected chi connectivity index (χ3v) is 2.62. The Morgan fingerprint density at radius 3 is 2.89 bits per heavy atom. The molecule has 0 saturated heterocycles. The number of benzene rings is 1. The van der Waals surface area contributed by atoms with Gasteiger partial charge in [0.05, 0.1) is 13.2 Å². The molecule has 1 aromatic carbocycles. The zero-order valence-corrected chi connectivity index (χ0v) is 11.2. The second-order valence-corrected chi connectivity index (χ2v) is 4.13. The van der Waals surface area contributed by atoms with Gasteiger partial charge in [0.1, 0.15) is 5.75 Å². The highest BCUT2D eigenvalue weighted by molar-refractivity contribution is 6.18. The topological polar surface area (TPSA) is 58.6 Å². The number of amides is 1. The molecule has 1 amide bonds. The molecule has 2 N–H and O–H groups in total. The molecule has 0 spiro atoms. The lowest BCUT2D eigenvalue weighted by atomic mass is 10.2. The van der Waals surface area contributed by atoms with Crippen molar-refractivity contribution in [3.8, 4) is 5.75 Å². The lowest BCUT2D eigenvalue weighted by Gasteiger charge is -2.11. The van der Waals surface area contributed by atoms with Crippen molar-refractivity contribution >= 4 is 23.2 Å². The van der Waals surface area contributed by atoms with E-state index in [9.17, 15) is 9.90 Å². The number of hydrogen-bond donors (Lipinski definition) is 2. The number of nitrogens with one attached hydrogen (secondary N) is 1. The van der Waals surface area contributed by atoms with E-state index in [2.05, 4.69) is 5.32 Å². The number of carbonyl (C=O) groups is 1. The molecule has 0 aromatic heterocycles. The highest BCUT2D eigenvalue weighted by Gasteiger charge is 2.06. The second kappa shape index (κ2) is 7.95. The molecule has 0 saturated carbocycles. The normalized spacial score (nSPS) is 10.2. The van der Waals surface area contributed by atoms with Crippen LogP contribution in [-0.2, 0) is 11.4 Å². The molecule has 0 fully saturated rings. The largest absolute Gasteiger partial charge is 0.494 e. The maximum Gasteiger partial charge on any atom is 0.224 e. The van der Waals surface area contributed by atoms with Gasteiger partial charge in [-0.2, -0.15) is 0 Å². The minimum atomic E-state index is -0.124. The second-order valence-electron chi connectivity index (χ2n) is 3.75. The minimum Gasteiger partial charge on any atom is -0.494 e. The zero-order valence-electron chi connectivity index (χ0n) is 10.4. The first kappa shape index (κ1) is 14.8. The highest BCUT2D eigenvalue weighted by Crippen LogP contribution is 2.23. The van der Waals surface area contributed by atoms with Crippen LogP contribution >= 0.6 is 11.6 Å². The van der Waals surface area contributed by atoms with Crippen LogP contribution in [0.15, 0.2) is 18.2 Å². The molecular weight excluding hydrogens is 254 g/mol. The molecular formula is C13H18ClNO3. The molecule has 4 nitrogen and oxygen atoms in total. The number of carbonyl (C=O) groups excluding carboxylic acids is 1. The van der Waals surface area contributed by atoms with Crippen LogP contribution in [0.3, 0.4) is 0 Å². The average Bonchev–Trinajstić information content (AvgIpc) is 2.38. The van der Waals surface area contributed by atoms with Crippen LogP contribution in [0.2, 0.25) is 0 Å². The molecule has 0 radical (unpaired) electrons. The van der Waals surface area contributed by atoms with Gasteiger partial charge in [0.2, 0.25) is 5.91 Å². The fourth-order valence-electron chi connectivity index (χ4n) is 1.53. The summed E-state index contributed by atoms with van der Waals surface area (Å²) in [5.74, 6) is 1.03. The van der Waals surface area contributed by atoms with Crippen LogP contribution in [0, 0.1) is 0 Å². The summed E-state index contributed by atoms with van der Waals surface area (Å²) in [7, 11) is 0. The zero-order chi connectivity index (χ0) is 13.4. The van der Waals surface area contributed by atoms with Crippen molar-refractivity contribution in [3.63, 3.8) is 0 Å². The van der Waals surface area contributed by atoms with Crippen molar-refractivity contribution in [2.45, 2.75) is 26.4 Å². The highest BCUT2D eigenvalue weighted by atomic mass is 35.5. The predicted molar refractivity (Wildman–Crippen MR) is 72.1 cm³/mol. The number of aliphatic hydroxyl groups is 1. The summed E-state index contributed by atoms with van der Waals surface area (Å²) in [5, 5.41) is 12.0. The molecule has 0 aliphatic rings. The Bertz CT molecular complexity index is 396. The third-order valence-electron chi connectivity index (χ3n) is 2.35. The summed E-state index contributed by atoms with van der Waals surface area (Å²) in [6.45, 7) is 2.29. The Kier molecular flexibility index (Phi) is 6.54. The molecule has 0 unspecified atom stereocenters. The molecule has 18 heavy (non-hydrogen) atoms. The first-order valence-electron chi connectivity index (χ1n) is 5.93. The third kappa shape index (κ3) is 4.55. The van der Waals surface area contributed by atoms with E-state index >= 15 is 0 Å². The maximum atomic E-state index is 11.5. The monoisotopic (exact) mass is 271 g/mol. The van der Waals surface area contributed by atoms with E-state index in [0.717, 1.165) is 0 Å². The first-order chi connectivity index (χ1) is 8.71. The van der Waals surface area contributed by atoms with Crippen LogP contribution in [0.1, 0.15) is 25.3 Å². The van der Waals surface area contributed by atoms with Gasteiger partial charge in [-0.05, 0) is 31.5 Å².